The summed E-state index contributed by atoms with van der Waals surface area (Å²) in [4.78, 5) is 14.5. The molecule has 4 nitrogen and oxygen atoms in total. The van der Waals surface area contributed by atoms with Crippen LogP contribution in [0.2, 0.25) is 0 Å². The Bertz CT molecular complexity index is 750. The minimum absolute atomic E-state index is 0.123. The molecule has 1 aliphatic carbocycles. The van der Waals surface area contributed by atoms with Crippen molar-refractivity contribution >= 4 is 5.91 Å². The summed E-state index contributed by atoms with van der Waals surface area (Å²) in [7, 11) is 0. The number of carbonyl (C=O) groups is 1. The molecule has 0 saturated carbocycles. The Hall–Kier alpha value is -2.17. The summed E-state index contributed by atoms with van der Waals surface area (Å²) in [5, 5.41) is 13.7. The molecular formula is C22H26N2O2. The number of fused-ring (bicyclic) bond motifs is 1. The molecule has 1 heterocycles. The Morgan fingerprint density at radius 3 is 2.38 bits per heavy atom. The molecule has 2 N–H and O–H groups in total. The van der Waals surface area contributed by atoms with Crippen LogP contribution in [-0.4, -0.2) is 47.7 Å². The van der Waals surface area contributed by atoms with Gasteiger partial charge in [-0.1, -0.05) is 42.5 Å². The summed E-state index contributed by atoms with van der Waals surface area (Å²) in [6, 6.07) is 18.0. The van der Waals surface area contributed by atoms with Crippen molar-refractivity contribution in [2.75, 3.05) is 26.2 Å². The zero-order valence-electron chi connectivity index (χ0n) is 15.0. The number of likely N-dealkylation sites (tertiary alicyclic amines) is 1. The fourth-order valence-electron chi connectivity index (χ4n) is 4.29. The molecule has 4 heteroatoms. The summed E-state index contributed by atoms with van der Waals surface area (Å²) >= 11 is 0. The number of nitrogens with one attached hydrogen (secondary N) is 1. The highest BCUT2D eigenvalue weighted by molar-refractivity contribution is 5.94. The average molecular weight is 350 g/mol. The lowest BCUT2D eigenvalue weighted by molar-refractivity contribution is 0.0785. The van der Waals surface area contributed by atoms with Gasteiger partial charge >= 0.3 is 0 Å². The Kier molecular flexibility index (Phi) is 4.79. The quantitative estimate of drug-likeness (QED) is 0.870. The number of rotatable bonds is 5. The normalized spacial score (nSPS) is 21.0. The van der Waals surface area contributed by atoms with Crippen LogP contribution >= 0.6 is 0 Å². The van der Waals surface area contributed by atoms with E-state index in [0.717, 1.165) is 44.5 Å². The van der Waals surface area contributed by atoms with E-state index in [0.29, 0.717) is 5.92 Å². The summed E-state index contributed by atoms with van der Waals surface area (Å²) in [6.07, 6.45) is 2.76. The fraction of sp³-hybridized carbons (Fsp3) is 0.409. The molecule has 4 rings (SSSR count). The van der Waals surface area contributed by atoms with Crippen molar-refractivity contribution in [3.8, 4) is 0 Å². The van der Waals surface area contributed by atoms with Crippen LogP contribution in [0.15, 0.2) is 54.6 Å². The fourth-order valence-corrected chi connectivity index (χ4v) is 4.29. The van der Waals surface area contributed by atoms with E-state index in [4.69, 9.17) is 0 Å². The number of hydrogen-bond acceptors (Lipinski definition) is 3. The minimum atomic E-state index is -0.249. The zero-order valence-corrected chi connectivity index (χ0v) is 15.0. The van der Waals surface area contributed by atoms with Crippen molar-refractivity contribution < 1.29 is 9.90 Å². The lowest BCUT2D eigenvalue weighted by atomic mass is 9.95. The van der Waals surface area contributed by atoms with E-state index in [1.165, 1.54) is 11.1 Å². The number of aliphatic hydroxyl groups excluding tert-OH is 1. The molecule has 2 aromatic carbocycles. The molecule has 26 heavy (non-hydrogen) atoms. The Labute approximate surface area is 154 Å². The van der Waals surface area contributed by atoms with Crippen LogP contribution in [0.4, 0.5) is 0 Å². The third kappa shape index (κ3) is 3.39. The van der Waals surface area contributed by atoms with E-state index >= 15 is 0 Å². The maximum Gasteiger partial charge on any atom is 0.253 e. The van der Waals surface area contributed by atoms with Gasteiger partial charge in [0.05, 0.1) is 6.61 Å². The second-order valence-corrected chi connectivity index (χ2v) is 7.71. The van der Waals surface area contributed by atoms with Gasteiger partial charge < -0.3 is 15.3 Å². The van der Waals surface area contributed by atoms with Crippen molar-refractivity contribution in [3.05, 3.63) is 71.3 Å². The third-order valence-electron chi connectivity index (χ3n) is 5.84. The zero-order chi connectivity index (χ0) is 18.0. The Morgan fingerprint density at radius 2 is 1.73 bits per heavy atom. The van der Waals surface area contributed by atoms with Crippen LogP contribution in [0.25, 0.3) is 0 Å². The minimum Gasteiger partial charge on any atom is -0.394 e. The lowest BCUT2D eigenvalue weighted by Gasteiger charge is -2.30. The van der Waals surface area contributed by atoms with E-state index in [1.54, 1.807) is 0 Å². The Morgan fingerprint density at radius 1 is 1.08 bits per heavy atom. The molecule has 2 aromatic rings. The summed E-state index contributed by atoms with van der Waals surface area (Å²) in [6.45, 7) is 2.58. The van der Waals surface area contributed by atoms with Crippen molar-refractivity contribution in [3.63, 3.8) is 0 Å². The lowest BCUT2D eigenvalue weighted by Crippen LogP contribution is -2.51. The van der Waals surface area contributed by atoms with Gasteiger partial charge in [-0.25, -0.2) is 0 Å². The number of nitrogens with zero attached hydrogens (tertiary/aromatic N) is 1. The van der Waals surface area contributed by atoms with Gasteiger partial charge in [-0.3, -0.25) is 4.79 Å². The maximum atomic E-state index is 12.6. The van der Waals surface area contributed by atoms with Gasteiger partial charge in [0.2, 0.25) is 0 Å². The highest BCUT2D eigenvalue weighted by atomic mass is 16.3. The molecule has 1 aliphatic heterocycles. The largest absolute Gasteiger partial charge is 0.394 e. The Balaban J connectivity index is 1.34. The summed E-state index contributed by atoms with van der Waals surface area (Å²) in [5.41, 5.74) is 3.18. The van der Waals surface area contributed by atoms with E-state index in [2.05, 4.69) is 29.6 Å². The first kappa shape index (κ1) is 17.3. The molecule has 1 atom stereocenters. The van der Waals surface area contributed by atoms with Crippen molar-refractivity contribution in [1.82, 2.24) is 10.2 Å². The van der Waals surface area contributed by atoms with E-state index in [9.17, 15) is 9.90 Å². The first-order valence-corrected chi connectivity index (χ1v) is 9.46. The predicted octanol–water partition coefficient (Wildman–Crippen LogP) is 2.27. The van der Waals surface area contributed by atoms with Crippen LogP contribution in [0.5, 0.6) is 0 Å². The summed E-state index contributed by atoms with van der Waals surface area (Å²) in [5.74, 6) is 0.563. The van der Waals surface area contributed by atoms with E-state index in [-0.39, 0.29) is 18.1 Å². The molecule has 0 aromatic heterocycles. The van der Waals surface area contributed by atoms with Gasteiger partial charge in [0.25, 0.3) is 5.91 Å². The molecule has 1 unspecified atom stereocenters. The SMILES string of the molecule is O=C(c1ccccc1)N1CCC(CNC2(CO)Cc3ccccc3C2)C1. The first-order chi connectivity index (χ1) is 12.7. The second kappa shape index (κ2) is 7.22. The van der Waals surface area contributed by atoms with Crippen LogP contribution in [-0.2, 0) is 12.8 Å². The molecule has 0 radical (unpaired) electrons. The standard InChI is InChI=1S/C22H26N2O2/c25-16-22(12-19-8-4-5-9-20(19)13-22)23-14-17-10-11-24(15-17)21(26)18-6-2-1-3-7-18/h1-9,17,23,25H,10-16H2. The van der Waals surface area contributed by atoms with Gasteiger partial charge in [-0.15, -0.1) is 0 Å². The van der Waals surface area contributed by atoms with Crippen molar-refractivity contribution in [1.29, 1.82) is 0 Å². The predicted molar refractivity (Wildman–Crippen MR) is 102 cm³/mol. The highest BCUT2D eigenvalue weighted by Gasteiger charge is 2.37. The van der Waals surface area contributed by atoms with E-state index < -0.39 is 0 Å². The number of aliphatic hydroxyl groups is 1. The topological polar surface area (TPSA) is 52.6 Å². The number of hydrogen-bond donors (Lipinski definition) is 2. The monoisotopic (exact) mass is 350 g/mol. The molecule has 2 aliphatic rings. The molecule has 1 amide bonds. The molecule has 1 fully saturated rings. The second-order valence-electron chi connectivity index (χ2n) is 7.71. The molecule has 0 spiro atoms. The maximum absolute atomic E-state index is 12.6. The van der Waals surface area contributed by atoms with Crippen LogP contribution in [0.3, 0.4) is 0 Å². The average Bonchev–Trinajstić information content (AvgIpc) is 3.31. The smallest absolute Gasteiger partial charge is 0.253 e. The highest BCUT2D eigenvalue weighted by Crippen LogP contribution is 2.30. The number of amides is 1. The van der Waals surface area contributed by atoms with Gasteiger partial charge in [0, 0.05) is 30.7 Å². The van der Waals surface area contributed by atoms with Crippen LogP contribution in [0, 0.1) is 5.92 Å². The van der Waals surface area contributed by atoms with Crippen LogP contribution < -0.4 is 5.32 Å². The van der Waals surface area contributed by atoms with Gasteiger partial charge in [-0.05, 0) is 48.4 Å². The number of carbonyl (C=O) groups excluding carboxylic acids is 1. The molecule has 136 valence electrons. The van der Waals surface area contributed by atoms with Crippen LogP contribution in [0.1, 0.15) is 27.9 Å². The van der Waals surface area contributed by atoms with Crippen molar-refractivity contribution in [2.45, 2.75) is 24.8 Å². The number of benzene rings is 2. The summed E-state index contributed by atoms with van der Waals surface area (Å²) < 4.78 is 0. The van der Waals surface area contributed by atoms with Gasteiger partial charge in [0.1, 0.15) is 0 Å². The van der Waals surface area contributed by atoms with Gasteiger partial charge in [0.15, 0.2) is 0 Å². The van der Waals surface area contributed by atoms with Crippen molar-refractivity contribution in [2.24, 2.45) is 5.92 Å². The molecule has 0 bridgehead atoms. The van der Waals surface area contributed by atoms with E-state index in [1.807, 2.05) is 35.2 Å². The molecule has 1 saturated heterocycles. The van der Waals surface area contributed by atoms with Gasteiger partial charge in [-0.2, -0.15) is 0 Å². The third-order valence-corrected chi connectivity index (χ3v) is 5.84. The molecular weight excluding hydrogens is 324 g/mol. The first-order valence-electron chi connectivity index (χ1n) is 9.46.